The van der Waals surface area contributed by atoms with Gasteiger partial charge < -0.3 is 15.0 Å². The Balaban J connectivity index is 1.29. The maximum Gasteiger partial charge on any atom is 0.254 e. The van der Waals surface area contributed by atoms with Crippen molar-refractivity contribution in [3.63, 3.8) is 0 Å². The van der Waals surface area contributed by atoms with Crippen molar-refractivity contribution >= 4 is 28.4 Å². The quantitative estimate of drug-likeness (QED) is 0.378. The SMILES string of the molecule is Cc1cc(CC(=O)Nc2cnn(C(C)(C)C)c2)ccc1Oc1ccnc2ccc(C(=O)N3CC(F)C3)cc12. The van der Waals surface area contributed by atoms with Gasteiger partial charge >= 0.3 is 0 Å². The largest absolute Gasteiger partial charge is 0.456 e. The number of ether oxygens (including phenoxy) is 1. The minimum Gasteiger partial charge on any atom is -0.456 e. The van der Waals surface area contributed by atoms with Gasteiger partial charge in [-0.25, -0.2) is 4.39 Å². The van der Waals surface area contributed by atoms with Gasteiger partial charge in [0.05, 0.1) is 42.5 Å². The molecule has 196 valence electrons. The predicted molar refractivity (Wildman–Crippen MR) is 143 cm³/mol. The van der Waals surface area contributed by atoms with Gasteiger partial charge in [0.25, 0.3) is 5.91 Å². The molecule has 4 aromatic rings. The fourth-order valence-corrected chi connectivity index (χ4v) is 4.32. The van der Waals surface area contributed by atoms with E-state index in [1.807, 2.05) is 56.8 Å². The Hall–Kier alpha value is -4.27. The first kappa shape index (κ1) is 25.4. The molecule has 1 saturated heterocycles. The predicted octanol–water partition coefficient (Wildman–Crippen LogP) is 5.26. The molecule has 0 saturated carbocycles. The molecule has 38 heavy (non-hydrogen) atoms. The third kappa shape index (κ3) is 5.37. The number of halogens is 1. The second-order valence-corrected chi connectivity index (χ2v) is 10.6. The fraction of sp³-hybridized carbons (Fsp3) is 0.310. The number of aromatic nitrogens is 3. The molecule has 0 radical (unpaired) electrons. The molecule has 3 heterocycles. The van der Waals surface area contributed by atoms with Crippen LogP contribution in [-0.4, -0.2) is 50.7 Å². The van der Waals surface area contributed by atoms with Crippen molar-refractivity contribution in [1.29, 1.82) is 0 Å². The first-order valence-corrected chi connectivity index (χ1v) is 12.5. The van der Waals surface area contributed by atoms with E-state index in [4.69, 9.17) is 4.74 Å². The Labute approximate surface area is 220 Å². The van der Waals surface area contributed by atoms with Crippen molar-refractivity contribution in [3.8, 4) is 11.5 Å². The summed E-state index contributed by atoms with van der Waals surface area (Å²) in [7, 11) is 0. The van der Waals surface area contributed by atoms with Gasteiger partial charge in [0.2, 0.25) is 5.91 Å². The summed E-state index contributed by atoms with van der Waals surface area (Å²) in [6.07, 6.45) is 4.37. The summed E-state index contributed by atoms with van der Waals surface area (Å²) in [5.74, 6) is 0.847. The lowest BCUT2D eigenvalue weighted by Gasteiger charge is -2.34. The molecule has 0 unspecified atom stereocenters. The number of rotatable bonds is 6. The number of hydrogen-bond donors (Lipinski definition) is 1. The molecular weight excluding hydrogens is 485 g/mol. The van der Waals surface area contributed by atoms with E-state index in [-0.39, 0.29) is 36.9 Å². The number of aryl methyl sites for hydroxylation is 1. The fourth-order valence-electron chi connectivity index (χ4n) is 4.32. The van der Waals surface area contributed by atoms with E-state index in [2.05, 4.69) is 15.4 Å². The number of nitrogens with one attached hydrogen (secondary N) is 1. The highest BCUT2D eigenvalue weighted by molar-refractivity contribution is 5.99. The molecule has 1 aliphatic heterocycles. The number of benzene rings is 2. The smallest absolute Gasteiger partial charge is 0.254 e. The van der Waals surface area contributed by atoms with Crippen molar-refractivity contribution in [2.45, 2.75) is 45.8 Å². The lowest BCUT2D eigenvalue weighted by atomic mass is 10.1. The van der Waals surface area contributed by atoms with E-state index in [1.165, 1.54) is 4.90 Å². The lowest BCUT2D eigenvalue weighted by Crippen LogP contribution is -2.51. The Morgan fingerprint density at radius 2 is 1.89 bits per heavy atom. The monoisotopic (exact) mass is 515 g/mol. The number of anilines is 1. The molecule has 0 bridgehead atoms. The molecule has 0 aliphatic carbocycles. The maximum atomic E-state index is 13.2. The van der Waals surface area contributed by atoms with Crippen LogP contribution in [0.4, 0.5) is 10.1 Å². The minimum absolute atomic E-state index is 0.122. The van der Waals surface area contributed by atoms with Gasteiger partial charge in [-0.1, -0.05) is 12.1 Å². The van der Waals surface area contributed by atoms with Crippen molar-refractivity contribution < 1.29 is 18.7 Å². The molecule has 1 aliphatic rings. The molecular formula is C29H30FN5O3. The van der Waals surface area contributed by atoms with Gasteiger partial charge in [-0.05, 0) is 69.2 Å². The van der Waals surface area contributed by atoms with Crippen LogP contribution >= 0.6 is 0 Å². The zero-order chi connectivity index (χ0) is 27.0. The molecule has 2 aromatic carbocycles. The first-order chi connectivity index (χ1) is 18.1. The van der Waals surface area contributed by atoms with Gasteiger partial charge in [0.15, 0.2) is 0 Å². The number of fused-ring (bicyclic) bond motifs is 1. The Kier molecular flexibility index (Phi) is 6.60. The molecule has 0 spiro atoms. The number of carbonyl (C=O) groups is 2. The van der Waals surface area contributed by atoms with Crippen LogP contribution in [0.25, 0.3) is 10.9 Å². The highest BCUT2D eigenvalue weighted by atomic mass is 19.1. The van der Waals surface area contributed by atoms with E-state index in [0.29, 0.717) is 33.7 Å². The van der Waals surface area contributed by atoms with Crippen molar-refractivity contribution in [1.82, 2.24) is 19.7 Å². The van der Waals surface area contributed by atoms with E-state index in [9.17, 15) is 14.0 Å². The Bertz CT molecular complexity index is 1520. The molecule has 8 nitrogen and oxygen atoms in total. The number of hydrogen-bond acceptors (Lipinski definition) is 5. The van der Waals surface area contributed by atoms with Crippen LogP contribution in [0.1, 0.15) is 42.3 Å². The lowest BCUT2D eigenvalue weighted by molar-refractivity contribution is -0.115. The zero-order valence-electron chi connectivity index (χ0n) is 21.9. The summed E-state index contributed by atoms with van der Waals surface area (Å²) in [6, 6.07) is 12.6. The van der Waals surface area contributed by atoms with Crippen molar-refractivity contribution in [2.75, 3.05) is 18.4 Å². The maximum absolute atomic E-state index is 13.2. The minimum atomic E-state index is -0.954. The summed E-state index contributed by atoms with van der Waals surface area (Å²) in [5, 5.41) is 7.90. The van der Waals surface area contributed by atoms with Gasteiger partial charge in [0, 0.05) is 23.3 Å². The molecule has 2 amide bonds. The number of amides is 2. The number of likely N-dealkylation sites (tertiary alicyclic amines) is 1. The molecule has 1 N–H and O–H groups in total. The van der Waals surface area contributed by atoms with Crippen molar-refractivity contribution in [2.24, 2.45) is 0 Å². The van der Waals surface area contributed by atoms with Crippen LogP contribution in [0.5, 0.6) is 11.5 Å². The highest BCUT2D eigenvalue weighted by Crippen LogP contribution is 2.32. The van der Waals surface area contributed by atoms with Crippen molar-refractivity contribution in [3.05, 3.63) is 77.7 Å². The molecule has 1 fully saturated rings. The van der Waals surface area contributed by atoms with E-state index in [1.54, 1.807) is 36.7 Å². The van der Waals surface area contributed by atoms with Crippen LogP contribution < -0.4 is 10.1 Å². The Morgan fingerprint density at radius 1 is 1.11 bits per heavy atom. The summed E-state index contributed by atoms with van der Waals surface area (Å²) >= 11 is 0. The second kappa shape index (κ2) is 9.89. The number of alkyl halides is 1. The van der Waals surface area contributed by atoms with E-state index in [0.717, 1.165) is 11.1 Å². The van der Waals surface area contributed by atoms with Crippen LogP contribution in [0.2, 0.25) is 0 Å². The summed E-state index contributed by atoms with van der Waals surface area (Å²) in [4.78, 5) is 31.2. The van der Waals surface area contributed by atoms with Crippen LogP contribution in [0.3, 0.4) is 0 Å². The number of carbonyl (C=O) groups excluding carboxylic acids is 2. The van der Waals surface area contributed by atoms with Gasteiger partial charge in [-0.15, -0.1) is 0 Å². The third-order valence-electron chi connectivity index (χ3n) is 6.45. The summed E-state index contributed by atoms with van der Waals surface area (Å²) in [6.45, 7) is 8.29. The highest BCUT2D eigenvalue weighted by Gasteiger charge is 2.31. The molecule has 0 atom stereocenters. The van der Waals surface area contributed by atoms with Gasteiger partial charge in [0.1, 0.15) is 17.7 Å². The topological polar surface area (TPSA) is 89.4 Å². The second-order valence-electron chi connectivity index (χ2n) is 10.6. The Morgan fingerprint density at radius 3 is 2.58 bits per heavy atom. The van der Waals surface area contributed by atoms with Gasteiger partial charge in [-0.2, -0.15) is 5.10 Å². The standard InChI is InChI=1S/C29H30FN5O3/c1-18-11-19(12-27(36)33-22-14-32-35(17-22)29(2,3)4)5-8-25(18)38-26-9-10-31-24-7-6-20(13-23(24)26)28(37)34-15-21(30)16-34/h5-11,13-14,17,21H,12,15-16H2,1-4H3,(H,33,36). The normalized spacial score (nSPS) is 13.9. The molecule has 2 aromatic heterocycles. The van der Waals surface area contributed by atoms with E-state index < -0.39 is 6.17 Å². The third-order valence-corrected chi connectivity index (χ3v) is 6.45. The average molecular weight is 516 g/mol. The van der Waals surface area contributed by atoms with Crippen LogP contribution in [0.15, 0.2) is 61.1 Å². The number of pyridine rings is 1. The summed E-state index contributed by atoms with van der Waals surface area (Å²) in [5.41, 5.74) is 3.36. The van der Waals surface area contributed by atoms with Gasteiger partial charge in [-0.3, -0.25) is 19.3 Å². The van der Waals surface area contributed by atoms with E-state index >= 15 is 0 Å². The molecule has 5 rings (SSSR count). The number of nitrogens with zero attached hydrogens (tertiary/aromatic N) is 4. The average Bonchev–Trinajstić information content (AvgIpc) is 3.32. The van der Waals surface area contributed by atoms with Crippen LogP contribution in [0, 0.1) is 6.92 Å². The zero-order valence-corrected chi connectivity index (χ0v) is 21.9. The molecule has 9 heteroatoms. The first-order valence-electron chi connectivity index (χ1n) is 12.5. The van der Waals surface area contributed by atoms with Crippen LogP contribution in [-0.2, 0) is 16.8 Å². The summed E-state index contributed by atoms with van der Waals surface area (Å²) < 4.78 is 21.3.